The first-order chi connectivity index (χ1) is 18.0. The molecule has 200 valence electrons. The standard InChI is InChI=1S/C21H21N7O2S.C2HF3O2/c1-2-9-27-31(29,30)17-5-3-4-15(11-17)19(6-8-22)28-13-16(12-26-28)20-18-7-10-23-21(18)25-14-24-20;3-2(4,5)1(6)7/h3-5,7,10-14,19,27H,2,6,9H2,1H3,(H,23,24,25);(H,6,7). The average Bonchev–Trinajstić information content (AvgIpc) is 3.56. The van der Waals surface area contributed by atoms with Crippen molar-refractivity contribution in [2.45, 2.75) is 36.9 Å². The molecule has 1 aromatic carbocycles. The lowest BCUT2D eigenvalue weighted by Gasteiger charge is -2.16. The number of aromatic nitrogens is 5. The van der Waals surface area contributed by atoms with Gasteiger partial charge in [-0.05, 0) is 30.2 Å². The number of fused-ring (bicyclic) bond motifs is 1. The highest BCUT2D eigenvalue weighted by atomic mass is 32.2. The number of hydrogen-bond donors (Lipinski definition) is 3. The summed E-state index contributed by atoms with van der Waals surface area (Å²) in [5.74, 6) is -2.76. The normalized spacial score (nSPS) is 12.4. The lowest BCUT2D eigenvalue weighted by atomic mass is 10.0. The van der Waals surface area contributed by atoms with Gasteiger partial charge in [0.25, 0.3) is 0 Å². The van der Waals surface area contributed by atoms with E-state index in [0.717, 1.165) is 22.3 Å². The van der Waals surface area contributed by atoms with E-state index >= 15 is 0 Å². The number of alkyl halides is 3. The van der Waals surface area contributed by atoms with E-state index < -0.39 is 28.2 Å². The van der Waals surface area contributed by atoms with Crippen LogP contribution in [0.15, 0.2) is 60.1 Å². The van der Waals surface area contributed by atoms with Crippen LogP contribution in [-0.2, 0) is 14.8 Å². The van der Waals surface area contributed by atoms with Crippen LogP contribution in [0.3, 0.4) is 0 Å². The Hall–Kier alpha value is -4.29. The Morgan fingerprint density at radius 1 is 1.29 bits per heavy atom. The number of rotatable bonds is 8. The lowest BCUT2D eigenvalue weighted by molar-refractivity contribution is -0.192. The topological polar surface area (TPSA) is 167 Å². The molecular weight excluding hydrogens is 527 g/mol. The van der Waals surface area contributed by atoms with E-state index in [9.17, 15) is 26.9 Å². The van der Waals surface area contributed by atoms with Gasteiger partial charge in [0.05, 0.1) is 35.3 Å². The molecule has 0 radical (unpaired) electrons. The van der Waals surface area contributed by atoms with Gasteiger partial charge in [0.2, 0.25) is 10.0 Å². The molecule has 0 amide bonds. The summed E-state index contributed by atoms with van der Waals surface area (Å²) in [6, 6.07) is 10.2. The van der Waals surface area contributed by atoms with E-state index in [1.165, 1.54) is 6.33 Å². The van der Waals surface area contributed by atoms with Crippen molar-refractivity contribution in [2.24, 2.45) is 0 Å². The van der Waals surface area contributed by atoms with Gasteiger partial charge in [0.1, 0.15) is 12.0 Å². The van der Waals surface area contributed by atoms with E-state index in [2.05, 4.69) is 30.8 Å². The predicted octanol–water partition coefficient (Wildman–Crippen LogP) is 3.65. The second-order valence-electron chi connectivity index (χ2n) is 7.82. The van der Waals surface area contributed by atoms with Crippen LogP contribution in [0.1, 0.15) is 31.4 Å². The number of carboxylic acid groups (broad SMARTS) is 1. The van der Waals surface area contributed by atoms with Crippen molar-refractivity contribution in [3.05, 3.63) is 60.8 Å². The second-order valence-corrected chi connectivity index (χ2v) is 9.59. The summed E-state index contributed by atoms with van der Waals surface area (Å²) in [7, 11) is -3.61. The number of H-pyrrole nitrogens is 1. The molecule has 0 fully saturated rings. The third-order valence-electron chi connectivity index (χ3n) is 5.17. The maximum atomic E-state index is 12.5. The first kappa shape index (κ1) is 28.3. The fourth-order valence-corrected chi connectivity index (χ4v) is 4.58. The van der Waals surface area contributed by atoms with E-state index in [-0.39, 0.29) is 11.3 Å². The molecule has 3 heterocycles. The number of aliphatic carboxylic acids is 1. The first-order valence-electron chi connectivity index (χ1n) is 11.1. The molecule has 3 N–H and O–H groups in total. The van der Waals surface area contributed by atoms with Crippen molar-refractivity contribution >= 4 is 27.0 Å². The van der Waals surface area contributed by atoms with Gasteiger partial charge in [0.15, 0.2) is 0 Å². The molecule has 3 aromatic heterocycles. The molecule has 4 aromatic rings. The predicted molar refractivity (Wildman–Crippen MR) is 129 cm³/mol. The Bertz CT molecular complexity index is 1560. The van der Waals surface area contributed by atoms with Gasteiger partial charge in [-0.15, -0.1) is 0 Å². The minimum Gasteiger partial charge on any atom is -0.475 e. The Morgan fingerprint density at radius 3 is 2.68 bits per heavy atom. The monoisotopic (exact) mass is 549 g/mol. The number of aromatic amines is 1. The molecule has 0 aliphatic carbocycles. The fraction of sp³-hybridized carbons (Fsp3) is 0.261. The summed E-state index contributed by atoms with van der Waals surface area (Å²) in [5.41, 5.74) is 2.92. The average molecular weight is 550 g/mol. The molecule has 15 heteroatoms. The van der Waals surface area contributed by atoms with Crippen LogP contribution >= 0.6 is 0 Å². The highest BCUT2D eigenvalue weighted by Gasteiger charge is 2.38. The van der Waals surface area contributed by atoms with Crippen LogP contribution in [0.25, 0.3) is 22.3 Å². The molecule has 0 aliphatic rings. The van der Waals surface area contributed by atoms with E-state index in [1.807, 2.05) is 19.2 Å². The molecular formula is C23H22F3N7O4S. The van der Waals surface area contributed by atoms with Crippen LogP contribution in [0, 0.1) is 11.3 Å². The van der Waals surface area contributed by atoms with Crippen molar-refractivity contribution in [3.8, 4) is 17.3 Å². The number of nitriles is 1. The second kappa shape index (κ2) is 11.8. The van der Waals surface area contributed by atoms with Crippen molar-refractivity contribution in [1.29, 1.82) is 5.26 Å². The summed E-state index contributed by atoms with van der Waals surface area (Å²) in [6.45, 7) is 2.26. The number of carboxylic acids is 1. The third kappa shape index (κ3) is 6.72. The minimum absolute atomic E-state index is 0.135. The van der Waals surface area contributed by atoms with Gasteiger partial charge in [-0.3, -0.25) is 4.68 Å². The molecule has 4 rings (SSSR count). The molecule has 38 heavy (non-hydrogen) atoms. The Kier molecular flexibility index (Phi) is 8.81. The van der Waals surface area contributed by atoms with Crippen LogP contribution in [0.5, 0.6) is 0 Å². The molecule has 0 saturated carbocycles. The number of benzene rings is 1. The summed E-state index contributed by atoms with van der Waals surface area (Å²) >= 11 is 0. The van der Waals surface area contributed by atoms with Crippen LogP contribution < -0.4 is 4.72 Å². The van der Waals surface area contributed by atoms with Crippen molar-refractivity contribution in [2.75, 3.05) is 6.54 Å². The van der Waals surface area contributed by atoms with Crippen molar-refractivity contribution in [1.82, 2.24) is 29.5 Å². The fourth-order valence-electron chi connectivity index (χ4n) is 3.39. The number of halogens is 3. The number of nitrogens with one attached hydrogen (secondary N) is 2. The number of carbonyl (C=O) groups is 1. The van der Waals surface area contributed by atoms with Gasteiger partial charge >= 0.3 is 12.1 Å². The SMILES string of the molecule is CCCNS(=O)(=O)c1cccc(C(CC#N)n2cc(-c3ncnc4[nH]ccc34)cn2)c1.O=C(O)C(F)(F)F. The summed E-state index contributed by atoms with van der Waals surface area (Å²) in [5, 5.41) is 21.8. The molecule has 1 atom stereocenters. The smallest absolute Gasteiger partial charge is 0.475 e. The zero-order chi connectivity index (χ0) is 27.9. The van der Waals surface area contributed by atoms with Crippen LogP contribution in [0.2, 0.25) is 0 Å². The van der Waals surface area contributed by atoms with Crippen molar-refractivity contribution in [3.63, 3.8) is 0 Å². The highest BCUT2D eigenvalue weighted by molar-refractivity contribution is 7.89. The van der Waals surface area contributed by atoms with Crippen LogP contribution in [-0.4, -0.2) is 56.9 Å². The number of nitrogens with zero attached hydrogens (tertiary/aromatic N) is 5. The Labute approximate surface area is 215 Å². The zero-order valence-corrected chi connectivity index (χ0v) is 20.7. The third-order valence-corrected chi connectivity index (χ3v) is 6.63. The first-order valence-corrected chi connectivity index (χ1v) is 12.6. The zero-order valence-electron chi connectivity index (χ0n) is 19.8. The summed E-state index contributed by atoms with van der Waals surface area (Å²) < 4.78 is 61.0. The van der Waals surface area contributed by atoms with E-state index in [0.29, 0.717) is 18.5 Å². The highest BCUT2D eigenvalue weighted by Crippen LogP contribution is 2.28. The maximum Gasteiger partial charge on any atom is 0.490 e. The van der Waals surface area contributed by atoms with Gasteiger partial charge in [-0.1, -0.05) is 19.1 Å². The molecule has 0 spiro atoms. The molecule has 0 bridgehead atoms. The summed E-state index contributed by atoms with van der Waals surface area (Å²) in [4.78, 5) is 20.7. The van der Waals surface area contributed by atoms with Crippen LogP contribution in [0.4, 0.5) is 13.2 Å². The maximum absolute atomic E-state index is 12.5. The Morgan fingerprint density at radius 2 is 2.03 bits per heavy atom. The minimum atomic E-state index is -5.08. The largest absolute Gasteiger partial charge is 0.490 e. The Balaban J connectivity index is 0.000000505. The number of sulfonamides is 1. The van der Waals surface area contributed by atoms with E-state index in [4.69, 9.17) is 9.90 Å². The summed E-state index contributed by atoms with van der Waals surface area (Å²) in [6.07, 6.45) is 2.52. The van der Waals surface area contributed by atoms with Gasteiger partial charge in [-0.2, -0.15) is 23.5 Å². The van der Waals surface area contributed by atoms with Gasteiger partial charge in [-0.25, -0.2) is 27.9 Å². The molecule has 11 nitrogen and oxygen atoms in total. The van der Waals surface area contributed by atoms with Gasteiger partial charge in [0, 0.05) is 29.9 Å². The molecule has 0 saturated heterocycles. The van der Waals surface area contributed by atoms with Gasteiger partial charge < -0.3 is 10.1 Å². The van der Waals surface area contributed by atoms with E-state index in [1.54, 1.807) is 41.3 Å². The molecule has 1 unspecified atom stereocenters. The van der Waals surface area contributed by atoms with Crippen molar-refractivity contribution < 1.29 is 31.5 Å². The lowest BCUT2D eigenvalue weighted by Crippen LogP contribution is -2.24. The quantitative estimate of drug-likeness (QED) is 0.299. The molecule has 0 aliphatic heterocycles. The number of hydrogen-bond acceptors (Lipinski definition) is 7.